The van der Waals surface area contributed by atoms with Gasteiger partial charge in [-0.2, -0.15) is 0 Å². The number of nitrogens with zero attached hydrogens (tertiary/aromatic N) is 1. The van der Waals surface area contributed by atoms with E-state index in [1.807, 2.05) is 24.3 Å². The van der Waals surface area contributed by atoms with Crippen molar-refractivity contribution < 1.29 is 9.18 Å². The molecule has 0 aliphatic carbocycles. The molecule has 3 aromatic rings. The summed E-state index contributed by atoms with van der Waals surface area (Å²) in [5.41, 5.74) is 2.84. The minimum atomic E-state index is -0.361. The minimum Gasteiger partial charge on any atom is -0.352 e. The van der Waals surface area contributed by atoms with Crippen LogP contribution in [0.5, 0.6) is 0 Å². The molecular formula is C18H18FN3O. The number of fused-ring (bicyclic) bond motifs is 1. The molecule has 1 heterocycles. The number of carbonyl (C=O) groups excluding carboxylic acids is 1. The van der Waals surface area contributed by atoms with Gasteiger partial charge in [-0.05, 0) is 43.2 Å². The Bertz CT molecular complexity index is 808. The lowest BCUT2D eigenvalue weighted by Gasteiger charge is -2.05. The van der Waals surface area contributed by atoms with Crippen LogP contribution < -0.4 is 5.32 Å². The second kappa shape index (κ2) is 6.60. The number of imidazole rings is 1. The molecule has 23 heavy (non-hydrogen) atoms. The van der Waals surface area contributed by atoms with E-state index < -0.39 is 0 Å². The van der Waals surface area contributed by atoms with Gasteiger partial charge in [0.2, 0.25) is 0 Å². The number of benzene rings is 2. The molecule has 0 saturated heterocycles. The quantitative estimate of drug-likeness (QED) is 0.710. The molecule has 0 atom stereocenters. The van der Waals surface area contributed by atoms with E-state index in [4.69, 9.17) is 0 Å². The Balaban J connectivity index is 1.51. The van der Waals surface area contributed by atoms with Gasteiger partial charge in [-0.15, -0.1) is 0 Å². The van der Waals surface area contributed by atoms with Crippen molar-refractivity contribution in [2.24, 2.45) is 0 Å². The SMILES string of the molecule is Cc1ccc(C(=O)NCCCc2nc3ccccc3[nH]2)cc1F. The van der Waals surface area contributed by atoms with Crippen LogP contribution in [-0.2, 0) is 6.42 Å². The molecule has 1 aromatic heterocycles. The Morgan fingerprint density at radius 1 is 1.26 bits per heavy atom. The van der Waals surface area contributed by atoms with Crippen molar-refractivity contribution in [1.82, 2.24) is 15.3 Å². The lowest BCUT2D eigenvalue weighted by Crippen LogP contribution is -2.25. The largest absolute Gasteiger partial charge is 0.352 e. The highest BCUT2D eigenvalue weighted by atomic mass is 19.1. The van der Waals surface area contributed by atoms with E-state index in [-0.39, 0.29) is 11.7 Å². The number of hydrogen-bond donors (Lipinski definition) is 2. The van der Waals surface area contributed by atoms with Crippen molar-refractivity contribution in [3.63, 3.8) is 0 Å². The third-order valence-corrected chi connectivity index (χ3v) is 3.75. The molecule has 2 aromatic carbocycles. The molecule has 0 saturated carbocycles. The number of para-hydroxylation sites is 2. The zero-order valence-electron chi connectivity index (χ0n) is 12.9. The predicted octanol–water partition coefficient (Wildman–Crippen LogP) is 3.37. The maximum Gasteiger partial charge on any atom is 0.251 e. The first kappa shape index (κ1) is 15.2. The van der Waals surface area contributed by atoms with Gasteiger partial charge in [0, 0.05) is 18.5 Å². The highest BCUT2D eigenvalue weighted by molar-refractivity contribution is 5.94. The number of nitrogens with one attached hydrogen (secondary N) is 2. The van der Waals surface area contributed by atoms with Crippen LogP contribution in [0, 0.1) is 12.7 Å². The zero-order valence-corrected chi connectivity index (χ0v) is 12.9. The van der Waals surface area contributed by atoms with Crippen LogP contribution in [0.4, 0.5) is 4.39 Å². The molecule has 0 radical (unpaired) electrons. The van der Waals surface area contributed by atoms with Gasteiger partial charge in [-0.3, -0.25) is 4.79 Å². The Kier molecular flexibility index (Phi) is 4.37. The number of aromatic amines is 1. The highest BCUT2D eigenvalue weighted by Gasteiger charge is 2.08. The molecule has 4 nitrogen and oxygen atoms in total. The summed E-state index contributed by atoms with van der Waals surface area (Å²) in [6, 6.07) is 12.4. The van der Waals surface area contributed by atoms with Gasteiger partial charge >= 0.3 is 0 Å². The normalized spacial score (nSPS) is 10.9. The summed E-state index contributed by atoms with van der Waals surface area (Å²) >= 11 is 0. The van der Waals surface area contributed by atoms with E-state index in [1.54, 1.807) is 19.1 Å². The summed E-state index contributed by atoms with van der Waals surface area (Å²) in [6.07, 6.45) is 1.51. The van der Waals surface area contributed by atoms with E-state index in [0.29, 0.717) is 17.7 Å². The van der Waals surface area contributed by atoms with Gasteiger partial charge in [0.05, 0.1) is 11.0 Å². The second-order valence-electron chi connectivity index (χ2n) is 5.52. The van der Waals surface area contributed by atoms with Crippen molar-refractivity contribution in [1.29, 1.82) is 0 Å². The van der Waals surface area contributed by atoms with Gasteiger partial charge in [-0.25, -0.2) is 9.37 Å². The van der Waals surface area contributed by atoms with Crippen LogP contribution >= 0.6 is 0 Å². The standard InChI is InChI=1S/C18H18FN3O/c1-12-8-9-13(11-14(12)19)18(23)20-10-4-7-17-21-15-5-2-3-6-16(15)22-17/h2-3,5-6,8-9,11H,4,7,10H2,1H3,(H,20,23)(H,21,22). The number of aromatic nitrogens is 2. The zero-order chi connectivity index (χ0) is 16.2. The Morgan fingerprint density at radius 2 is 2.09 bits per heavy atom. The molecule has 1 amide bonds. The van der Waals surface area contributed by atoms with E-state index in [1.165, 1.54) is 6.07 Å². The van der Waals surface area contributed by atoms with Crippen LogP contribution in [0.3, 0.4) is 0 Å². The van der Waals surface area contributed by atoms with Crippen LogP contribution in [0.2, 0.25) is 0 Å². The van der Waals surface area contributed by atoms with Crippen molar-refractivity contribution in [2.75, 3.05) is 6.54 Å². The van der Waals surface area contributed by atoms with Gasteiger partial charge in [0.15, 0.2) is 0 Å². The topological polar surface area (TPSA) is 57.8 Å². The van der Waals surface area contributed by atoms with Crippen molar-refractivity contribution in [2.45, 2.75) is 19.8 Å². The van der Waals surface area contributed by atoms with E-state index in [2.05, 4.69) is 15.3 Å². The number of H-pyrrole nitrogens is 1. The van der Waals surface area contributed by atoms with Crippen molar-refractivity contribution in [3.8, 4) is 0 Å². The van der Waals surface area contributed by atoms with Crippen LogP contribution in [0.1, 0.15) is 28.2 Å². The summed E-state index contributed by atoms with van der Waals surface area (Å²) < 4.78 is 13.5. The summed E-state index contributed by atoms with van der Waals surface area (Å²) in [7, 11) is 0. The Labute approximate surface area is 133 Å². The molecule has 2 N–H and O–H groups in total. The fourth-order valence-corrected chi connectivity index (χ4v) is 2.42. The third kappa shape index (κ3) is 3.56. The Morgan fingerprint density at radius 3 is 2.87 bits per heavy atom. The summed E-state index contributed by atoms with van der Waals surface area (Å²) in [6.45, 7) is 2.19. The summed E-state index contributed by atoms with van der Waals surface area (Å²) in [4.78, 5) is 19.7. The molecule has 3 rings (SSSR count). The lowest BCUT2D eigenvalue weighted by molar-refractivity contribution is 0.0952. The number of aryl methyl sites for hydroxylation is 2. The van der Waals surface area contributed by atoms with Gasteiger partial charge < -0.3 is 10.3 Å². The molecule has 0 fully saturated rings. The van der Waals surface area contributed by atoms with Crippen LogP contribution in [-0.4, -0.2) is 22.4 Å². The van der Waals surface area contributed by atoms with E-state index in [0.717, 1.165) is 29.7 Å². The monoisotopic (exact) mass is 311 g/mol. The first-order chi connectivity index (χ1) is 11.1. The number of rotatable bonds is 5. The fourth-order valence-electron chi connectivity index (χ4n) is 2.42. The molecule has 5 heteroatoms. The maximum absolute atomic E-state index is 13.5. The minimum absolute atomic E-state index is 0.256. The molecular weight excluding hydrogens is 293 g/mol. The van der Waals surface area contributed by atoms with Crippen molar-refractivity contribution in [3.05, 3.63) is 65.2 Å². The number of carbonyl (C=O) groups is 1. The maximum atomic E-state index is 13.5. The molecule has 0 unspecified atom stereocenters. The van der Waals surface area contributed by atoms with Crippen LogP contribution in [0.25, 0.3) is 11.0 Å². The van der Waals surface area contributed by atoms with Gasteiger partial charge in [0.1, 0.15) is 11.6 Å². The smallest absolute Gasteiger partial charge is 0.251 e. The van der Waals surface area contributed by atoms with Crippen molar-refractivity contribution >= 4 is 16.9 Å². The number of amides is 1. The molecule has 0 bridgehead atoms. The van der Waals surface area contributed by atoms with Crippen LogP contribution in [0.15, 0.2) is 42.5 Å². The first-order valence-electron chi connectivity index (χ1n) is 7.61. The third-order valence-electron chi connectivity index (χ3n) is 3.75. The summed E-state index contributed by atoms with van der Waals surface area (Å²) in [5, 5.41) is 2.80. The predicted molar refractivity (Wildman–Crippen MR) is 87.9 cm³/mol. The Hall–Kier alpha value is -2.69. The first-order valence-corrected chi connectivity index (χ1v) is 7.61. The molecule has 0 aliphatic rings. The highest BCUT2D eigenvalue weighted by Crippen LogP contribution is 2.11. The van der Waals surface area contributed by atoms with Gasteiger partial charge in [0.25, 0.3) is 5.91 Å². The molecule has 0 aliphatic heterocycles. The molecule has 118 valence electrons. The second-order valence-corrected chi connectivity index (χ2v) is 5.52. The van der Waals surface area contributed by atoms with Gasteiger partial charge in [-0.1, -0.05) is 18.2 Å². The van der Waals surface area contributed by atoms with E-state index >= 15 is 0 Å². The lowest BCUT2D eigenvalue weighted by atomic mass is 10.1. The summed E-state index contributed by atoms with van der Waals surface area (Å²) in [5.74, 6) is 0.287. The average Bonchev–Trinajstić information content (AvgIpc) is 2.96. The number of hydrogen-bond acceptors (Lipinski definition) is 2. The average molecular weight is 311 g/mol. The van der Waals surface area contributed by atoms with E-state index in [9.17, 15) is 9.18 Å². The number of halogens is 1. The fraction of sp³-hybridized carbons (Fsp3) is 0.222. The molecule has 0 spiro atoms.